The summed E-state index contributed by atoms with van der Waals surface area (Å²) >= 11 is 0. The number of hydrogen-bond acceptors (Lipinski definition) is 3. The third-order valence-corrected chi connectivity index (χ3v) is 3.97. The first-order valence-corrected chi connectivity index (χ1v) is 7.71. The Labute approximate surface area is 126 Å². The zero-order valence-corrected chi connectivity index (χ0v) is 12.6. The van der Waals surface area contributed by atoms with E-state index in [4.69, 9.17) is 9.47 Å². The number of fused-ring (bicyclic) bond motifs is 1. The topological polar surface area (TPSA) is 30.5 Å². The van der Waals surface area contributed by atoms with Gasteiger partial charge in [0.15, 0.2) is 0 Å². The van der Waals surface area contributed by atoms with Gasteiger partial charge in [0.25, 0.3) is 0 Å². The second-order valence-corrected chi connectivity index (χ2v) is 5.68. The molecule has 0 bridgehead atoms. The highest BCUT2D eigenvalue weighted by molar-refractivity contribution is 5.87. The molecule has 2 aromatic rings. The fourth-order valence-electron chi connectivity index (χ4n) is 2.59. The van der Waals surface area contributed by atoms with E-state index >= 15 is 0 Å². The molecular weight excluding hydrogens is 262 g/mol. The highest BCUT2D eigenvalue weighted by Gasteiger charge is 2.20. The minimum absolute atomic E-state index is 0.588. The summed E-state index contributed by atoms with van der Waals surface area (Å²) in [6.45, 7) is 3.17. The molecule has 0 amide bonds. The third-order valence-electron chi connectivity index (χ3n) is 3.97. The Balaban J connectivity index is 1.80. The van der Waals surface area contributed by atoms with E-state index in [0.29, 0.717) is 13.2 Å². The molecular formula is C18H23NO2. The molecule has 3 rings (SSSR count). The molecule has 1 aliphatic carbocycles. The lowest BCUT2D eigenvalue weighted by Crippen LogP contribution is -2.17. The molecule has 0 atom stereocenters. The normalized spacial score (nSPS) is 14.5. The summed E-state index contributed by atoms with van der Waals surface area (Å²) in [4.78, 5) is 0. The van der Waals surface area contributed by atoms with Crippen LogP contribution in [0.25, 0.3) is 10.8 Å². The standard InChI is InChI=1S/C18H23NO2/c1-20-10-11-21-18-9-8-15-4-2-3-5-16(15)17(18)13-19-12-14-6-7-14/h2-5,8-9,14,19H,6-7,10-13H2,1H3. The lowest BCUT2D eigenvalue weighted by Gasteiger charge is -2.15. The fraction of sp³-hybridized carbons (Fsp3) is 0.444. The highest BCUT2D eigenvalue weighted by Crippen LogP contribution is 2.30. The summed E-state index contributed by atoms with van der Waals surface area (Å²) in [6, 6.07) is 12.7. The van der Waals surface area contributed by atoms with Crippen molar-refractivity contribution in [2.45, 2.75) is 19.4 Å². The zero-order chi connectivity index (χ0) is 14.5. The minimum Gasteiger partial charge on any atom is -0.491 e. The van der Waals surface area contributed by atoms with Gasteiger partial charge in [-0.05, 0) is 42.1 Å². The Kier molecular flexibility index (Phi) is 4.73. The van der Waals surface area contributed by atoms with Crippen LogP contribution in [0.15, 0.2) is 36.4 Å². The summed E-state index contributed by atoms with van der Waals surface area (Å²) in [5, 5.41) is 6.11. The van der Waals surface area contributed by atoms with Crippen LogP contribution in [0, 0.1) is 5.92 Å². The van der Waals surface area contributed by atoms with E-state index in [1.165, 1.54) is 29.2 Å². The predicted octanol–water partition coefficient (Wildman–Crippen LogP) is 3.36. The van der Waals surface area contributed by atoms with Gasteiger partial charge in [0.1, 0.15) is 12.4 Å². The second kappa shape index (κ2) is 6.92. The van der Waals surface area contributed by atoms with Crippen molar-refractivity contribution in [3.8, 4) is 5.75 Å². The summed E-state index contributed by atoms with van der Waals surface area (Å²) in [5.41, 5.74) is 1.25. The SMILES string of the molecule is COCCOc1ccc2ccccc2c1CNCC1CC1. The van der Waals surface area contributed by atoms with Gasteiger partial charge in [-0.1, -0.05) is 30.3 Å². The maximum Gasteiger partial charge on any atom is 0.124 e. The molecule has 1 fully saturated rings. The van der Waals surface area contributed by atoms with Crippen molar-refractivity contribution in [2.75, 3.05) is 26.9 Å². The number of ether oxygens (including phenoxy) is 2. The van der Waals surface area contributed by atoms with Crippen molar-refractivity contribution in [1.29, 1.82) is 0 Å². The van der Waals surface area contributed by atoms with E-state index in [9.17, 15) is 0 Å². The summed E-state index contributed by atoms with van der Waals surface area (Å²) in [6.07, 6.45) is 2.75. The Morgan fingerprint density at radius 3 is 2.76 bits per heavy atom. The lowest BCUT2D eigenvalue weighted by atomic mass is 10.0. The molecule has 0 spiro atoms. The smallest absolute Gasteiger partial charge is 0.124 e. The van der Waals surface area contributed by atoms with Crippen LogP contribution in [0.1, 0.15) is 18.4 Å². The molecule has 3 nitrogen and oxygen atoms in total. The first kappa shape index (κ1) is 14.4. The van der Waals surface area contributed by atoms with Crippen LogP contribution >= 0.6 is 0 Å². The van der Waals surface area contributed by atoms with E-state index in [2.05, 4.69) is 41.7 Å². The molecule has 0 unspecified atom stereocenters. The van der Waals surface area contributed by atoms with E-state index in [0.717, 1.165) is 24.8 Å². The van der Waals surface area contributed by atoms with Crippen molar-refractivity contribution in [1.82, 2.24) is 5.32 Å². The van der Waals surface area contributed by atoms with Crippen LogP contribution in [-0.2, 0) is 11.3 Å². The Morgan fingerprint density at radius 1 is 1.10 bits per heavy atom. The van der Waals surface area contributed by atoms with Gasteiger partial charge < -0.3 is 14.8 Å². The second-order valence-electron chi connectivity index (χ2n) is 5.68. The van der Waals surface area contributed by atoms with Crippen molar-refractivity contribution in [3.63, 3.8) is 0 Å². The van der Waals surface area contributed by atoms with E-state index in [-0.39, 0.29) is 0 Å². The van der Waals surface area contributed by atoms with Crippen molar-refractivity contribution < 1.29 is 9.47 Å². The van der Waals surface area contributed by atoms with Gasteiger partial charge >= 0.3 is 0 Å². The van der Waals surface area contributed by atoms with Gasteiger partial charge in [-0.2, -0.15) is 0 Å². The number of hydrogen-bond donors (Lipinski definition) is 1. The Hall–Kier alpha value is -1.58. The Morgan fingerprint density at radius 2 is 1.95 bits per heavy atom. The Bertz CT molecular complexity index is 593. The molecule has 1 aliphatic rings. The minimum atomic E-state index is 0.588. The van der Waals surface area contributed by atoms with E-state index in [1.54, 1.807) is 7.11 Å². The quantitative estimate of drug-likeness (QED) is 0.754. The monoisotopic (exact) mass is 285 g/mol. The first-order chi connectivity index (χ1) is 10.4. The summed E-state index contributed by atoms with van der Waals surface area (Å²) in [5.74, 6) is 1.85. The maximum atomic E-state index is 5.89. The molecule has 2 aromatic carbocycles. The fourth-order valence-corrected chi connectivity index (χ4v) is 2.59. The average Bonchev–Trinajstić information content (AvgIpc) is 3.33. The molecule has 0 aliphatic heterocycles. The molecule has 112 valence electrons. The van der Waals surface area contributed by atoms with E-state index < -0.39 is 0 Å². The van der Waals surface area contributed by atoms with Gasteiger partial charge in [0.2, 0.25) is 0 Å². The van der Waals surface area contributed by atoms with Crippen molar-refractivity contribution in [2.24, 2.45) is 5.92 Å². The lowest BCUT2D eigenvalue weighted by molar-refractivity contribution is 0.146. The molecule has 0 heterocycles. The van der Waals surface area contributed by atoms with Gasteiger partial charge in [0, 0.05) is 19.2 Å². The summed E-state index contributed by atoms with van der Waals surface area (Å²) < 4.78 is 11.0. The number of benzene rings is 2. The van der Waals surface area contributed by atoms with Crippen LogP contribution in [0.5, 0.6) is 5.75 Å². The molecule has 21 heavy (non-hydrogen) atoms. The van der Waals surface area contributed by atoms with Gasteiger partial charge in [-0.15, -0.1) is 0 Å². The van der Waals surface area contributed by atoms with Crippen LogP contribution in [-0.4, -0.2) is 26.9 Å². The number of nitrogens with one attached hydrogen (secondary N) is 1. The van der Waals surface area contributed by atoms with Crippen molar-refractivity contribution in [3.05, 3.63) is 42.0 Å². The maximum absolute atomic E-state index is 5.89. The largest absolute Gasteiger partial charge is 0.491 e. The van der Waals surface area contributed by atoms with Crippen LogP contribution in [0.2, 0.25) is 0 Å². The average molecular weight is 285 g/mol. The number of methoxy groups -OCH3 is 1. The van der Waals surface area contributed by atoms with Gasteiger partial charge in [-0.25, -0.2) is 0 Å². The zero-order valence-electron chi connectivity index (χ0n) is 12.6. The van der Waals surface area contributed by atoms with Crippen molar-refractivity contribution >= 4 is 10.8 Å². The predicted molar refractivity (Wildman–Crippen MR) is 85.7 cm³/mol. The van der Waals surface area contributed by atoms with Crippen LogP contribution in [0.3, 0.4) is 0 Å². The molecule has 0 saturated heterocycles. The molecule has 1 N–H and O–H groups in total. The molecule has 0 radical (unpaired) electrons. The first-order valence-electron chi connectivity index (χ1n) is 7.71. The van der Waals surface area contributed by atoms with Gasteiger partial charge in [-0.3, -0.25) is 0 Å². The van der Waals surface area contributed by atoms with E-state index in [1.807, 2.05) is 0 Å². The number of rotatable bonds is 8. The summed E-state index contributed by atoms with van der Waals surface area (Å²) in [7, 11) is 1.70. The van der Waals surface area contributed by atoms with Crippen LogP contribution < -0.4 is 10.1 Å². The van der Waals surface area contributed by atoms with Crippen LogP contribution in [0.4, 0.5) is 0 Å². The molecule has 3 heteroatoms. The third kappa shape index (κ3) is 3.74. The van der Waals surface area contributed by atoms with Gasteiger partial charge in [0.05, 0.1) is 6.61 Å². The highest BCUT2D eigenvalue weighted by atomic mass is 16.5. The molecule has 1 saturated carbocycles. The molecule has 0 aromatic heterocycles.